The van der Waals surface area contributed by atoms with Gasteiger partial charge in [0.1, 0.15) is 11.6 Å². The highest BCUT2D eigenvalue weighted by atomic mass is 16.3. The average molecular weight is 725 g/mol. The molecule has 2 aliphatic heterocycles. The van der Waals surface area contributed by atoms with E-state index in [1.807, 2.05) is 60.7 Å². The van der Waals surface area contributed by atoms with E-state index in [2.05, 4.69) is 19.9 Å². The molecule has 6 N–H and O–H groups in total. The van der Waals surface area contributed by atoms with Crippen molar-refractivity contribution in [3.8, 4) is 33.6 Å². The van der Waals surface area contributed by atoms with Crippen LogP contribution in [0.25, 0.3) is 33.6 Å². The standard InChI is InChI=1S/C42H40N6O6/c49-31-19-35(47(23-31)41(53)37(51)29-7-3-1-4-8-29)39-43-21-33(45-39)27-15-11-25(12-16-27)26-13-17-28(18-14-26)34-22-44-40(46-34)36-20-32(50)24-48(36)42(54)38(52)30-9-5-2-6-10-30/h1-18,21-22,31-32,35-38,49-52H,19-20,23-24H2,(H,43,45)(H,44,46)/t31?,32?,35?,36?,37-,38-/m1/s1. The molecule has 4 heterocycles. The van der Waals surface area contributed by atoms with Gasteiger partial charge >= 0.3 is 0 Å². The second-order valence-corrected chi connectivity index (χ2v) is 13.9. The Kier molecular flexibility index (Phi) is 9.65. The molecule has 2 aromatic heterocycles. The Morgan fingerprint density at radius 1 is 0.556 bits per heavy atom. The number of aliphatic hydroxyl groups is 4. The van der Waals surface area contributed by atoms with Gasteiger partial charge in [0.05, 0.1) is 48.1 Å². The number of benzene rings is 4. The van der Waals surface area contributed by atoms with Crippen LogP contribution in [0.15, 0.2) is 122 Å². The van der Waals surface area contributed by atoms with Crippen LogP contribution >= 0.6 is 0 Å². The van der Waals surface area contributed by atoms with E-state index in [-0.39, 0.29) is 13.1 Å². The molecule has 2 fully saturated rings. The Hall–Kier alpha value is -5.92. The molecule has 2 aliphatic rings. The fraction of sp³-hybridized carbons (Fsp3) is 0.238. The molecule has 0 saturated carbocycles. The van der Waals surface area contributed by atoms with Crippen molar-refractivity contribution >= 4 is 11.8 Å². The zero-order valence-electron chi connectivity index (χ0n) is 29.2. The lowest BCUT2D eigenvalue weighted by Crippen LogP contribution is -2.36. The summed E-state index contributed by atoms with van der Waals surface area (Å²) in [6, 6.07) is 32.6. The molecule has 12 nitrogen and oxygen atoms in total. The van der Waals surface area contributed by atoms with Crippen LogP contribution in [-0.4, -0.2) is 87.3 Å². The molecule has 8 rings (SSSR count). The fourth-order valence-corrected chi connectivity index (χ4v) is 7.49. The third-order valence-electron chi connectivity index (χ3n) is 10.4. The lowest BCUT2D eigenvalue weighted by Gasteiger charge is -2.25. The minimum Gasteiger partial charge on any atom is -0.391 e. The molecule has 6 aromatic rings. The predicted molar refractivity (Wildman–Crippen MR) is 200 cm³/mol. The summed E-state index contributed by atoms with van der Waals surface area (Å²) in [4.78, 5) is 45.3. The maximum Gasteiger partial charge on any atom is 0.256 e. The molecule has 6 atom stereocenters. The van der Waals surface area contributed by atoms with Crippen molar-refractivity contribution in [1.29, 1.82) is 0 Å². The smallest absolute Gasteiger partial charge is 0.256 e. The summed E-state index contributed by atoms with van der Waals surface area (Å²) in [5.41, 5.74) is 6.35. The predicted octanol–water partition coefficient (Wildman–Crippen LogP) is 4.87. The van der Waals surface area contributed by atoms with E-state index in [1.165, 1.54) is 9.80 Å². The lowest BCUT2D eigenvalue weighted by molar-refractivity contribution is -0.142. The Bertz CT molecular complexity index is 2060. The van der Waals surface area contributed by atoms with Gasteiger partial charge in [-0.25, -0.2) is 9.97 Å². The molecule has 0 spiro atoms. The van der Waals surface area contributed by atoms with Gasteiger partial charge < -0.3 is 40.2 Å². The first kappa shape index (κ1) is 35.1. The maximum atomic E-state index is 13.3. The maximum absolute atomic E-state index is 13.3. The quantitative estimate of drug-likeness (QED) is 0.122. The number of hydrogen-bond acceptors (Lipinski definition) is 8. The number of imidazole rings is 2. The highest BCUT2D eigenvalue weighted by Gasteiger charge is 2.41. The molecule has 54 heavy (non-hydrogen) atoms. The van der Waals surface area contributed by atoms with E-state index in [9.17, 15) is 30.0 Å². The first-order chi connectivity index (χ1) is 26.2. The Morgan fingerprint density at radius 2 is 0.907 bits per heavy atom. The number of aromatic nitrogens is 4. The monoisotopic (exact) mass is 724 g/mol. The van der Waals surface area contributed by atoms with E-state index in [4.69, 9.17) is 0 Å². The van der Waals surface area contributed by atoms with Gasteiger partial charge in [-0.1, -0.05) is 109 Å². The number of nitrogens with one attached hydrogen (secondary N) is 2. The molecule has 0 aliphatic carbocycles. The van der Waals surface area contributed by atoms with E-state index in [0.29, 0.717) is 35.6 Å². The van der Waals surface area contributed by atoms with Crippen LogP contribution in [0.4, 0.5) is 0 Å². The molecule has 274 valence electrons. The van der Waals surface area contributed by atoms with E-state index in [1.54, 1.807) is 60.9 Å². The Labute approximate surface area is 311 Å². The number of carbonyl (C=O) groups excluding carboxylic acids is 2. The second kappa shape index (κ2) is 14.8. The summed E-state index contributed by atoms with van der Waals surface area (Å²) in [5, 5.41) is 42.4. The van der Waals surface area contributed by atoms with Gasteiger partial charge in [-0.05, 0) is 33.4 Å². The van der Waals surface area contributed by atoms with Crippen LogP contribution in [0.2, 0.25) is 0 Å². The molecule has 4 aromatic carbocycles. The minimum atomic E-state index is -1.33. The molecule has 0 radical (unpaired) electrons. The van der Waals surface area contributed by atoms with Crippen molar-refractivity contribution in [1.82, 2.24) is 29.7 Å². The van der Waals surface area contributed by atoms with E-state index in [0.717, 1.165) is 33.6 Å². The number of aliphatic hydroxyl groups excluding tert-OH is 4. The van der Waals surface area contributed by atoms with Crippen molar-refractivity contribution in [3.63, 3.8) is 0 Å². The molecule has 4 unspecified atom stereocenters. The number of aromatic amines is 2. The number of hydrogen-bond donors (Lipinski definition) is 6. The molecular weight excluding hydrogens is 684 g/mol. The SMILES string of the molecule is O=C([C@H](O)c1ccccc1)N1CC(O)CC1c1ncc(-c2ccc(-c3ccc(-c4cnc(C5CC(O)CN5C(=O)[C@H](O)c5ccccc5)[nH]4)cc3)cc2)[nH]1. The number of β-amino-alcohol motifs (C(OH)–C–C–N with tert-alkyl or cyclic N) is 2. The molecule has 0 bridgehead atoms. The summed E-state index contributed by atoms with van der Waals surface area (Å²) >= 11 is 0. The average Bonchev–Trinajstić information content (AvgIpc) is 4.04. The lowest BCUT2D eigenvalue weighted by atomic mass is 10.0. The van der Waals surface area contributed by atoms with Crippen LogP contribution in [0.3, 0.4) is 0 Å². The van der Waals surface area contributed by atoms with Crippen LogP contribution in [-0.2, 0) is 9.59 Å². The van der Waals surface area contributed by atoms with Gasteiger partial charge in [0.2, 0.25) is 0 Å². The first-order valence-corrected chi connectivity index (χ1v) is 18.0. The number of H-pyrrole nitrogens is 2. The number of likely N-dealkylation sites (tertiary alicyclic amines) is 2. The van der Waals surface area contributed by atoms with Gasteiger partial charge in [-0.2, -0.15) is 0 Å². The second-order valence-electron chi connectivity index (χ2n) is 13.9. The normalized spacial score (nSPS) is 21.0. The molecule has 2 amide bonds. The van der Waals surface area contributed by atoms with Crippen LogP contribution < -0.4 is 0 Å². The van der Waals surface area contributed by atoms with Gasteiger partial charge in [-0.15, -0.1) is 0 Å². The van der Waals surface area contributed by atoms with Crippen molar-refractivity contribution in [2.24, 2.45) is 0 Å². The van der Waals surface area contributed by atoms with Crippen molar-refractivity contribution in [2.45, 2.75) is 49.3 Å². The topological polar surface area (TPSA) is 179 Å². The van der Waals surface area contributed by atoms with Crippen LogP contribution in [0.1, 0.15) is 59.9 Å². The van der Waals surface area contributed by atoms with Crippen molar-refractivity contribution in [2.75, 3.05) is 13.1 Å². The zero-order valence-corrected chi connectivity index (χ0v) is 29.2. The van der Waals surface area contributed by atoms with Crippen LogP contribution in [0.5, 0.6) is 0 Å². The van der Waals surface area contributed by atoms with E-state index < -0.39 is 48.3 Å². The highest BCUT2D eigenvalue weighted by molar-refractivity contribution is 5.83. The van der Waals surface area contributed by atoms with Crippen molar-refractivity contribution < 1.29 is 30.0 Å². The van der Waals surface area contributed by atoms with E-state index >= 15 is 0 Å². The van der Waals surface area contributed by atoms with Crippen LogP contribution in [0, 0.1) is 0 Å². The van der Waals surface area contributed by atoms with Gasteiger partial charge in [0.25, 0.3) is 11.8 Å². The number of rotatable bonds is 9. The van der Waals surface area contributed by atoms with Crippen molar-refractivity contribution in [3.05, 3.63) is 144 Å². The number of amides is 2. The highest BCUT2D eigenvalue weighted by Crippen LogP contribution is 2.36. The largest absolute Gasteiger partial charge is 0.391 e. The Balaban J connectivity index is 0.934. The number of nitrogens with zero attached hydrogens (tertiary/aromatic N) is 4. The summed E-state index contributed by atoms with van der Waals surface area (Å²) in [6.07, 6.45) is -0.0492. The third-order valence-corrected chi connectivity index (χ3v) is 10.4. The number of carbonyl (C=O) groups is 2. The molecule has 2 saturated heterocycles. The molecular formula is C42H40N6O6. The summed E-state index contributed by atoms with van der Waals surface area (Å²) in [7, 11) is 0. The Morgan fingerprint density at radius 3 is 1.28 bits per heavy atom. The van der Waals surface area contributed by atoms with Gasteiger partial charge in [-0.3, -0.25) is 9.59 Å². The molecule has 12 heteroatoms. The summed E-state index contributed by atoms with van der Waals surface area (Å²) in [5.74, 6) is 0.141. The van der Waals surface area contributed by atoms with Gasteiger partial charge in [0, 0.05) is 25.9 Å². The summed E-state index contributed by atoms with van der Waals surface area (Å²) in [6.45, 7) is 0.228. The minimum absolute atomic E-state index is 0.114. The van der Waals surface area contributed by atoms with Gasteiger partial charge in [0.15, 0.2) is 12.2 Å². The zero-order chi connectivity index (χ0) is 37.3. The third kappa shape index (κ3) is 6.95. The summed E-state index contributed by atoms with van der Waals surface area (Å²) < 4.78 is 0. The first-order valence-electron chi connectivity index (χ1n) is 18.0. The fourth-order valence-electron chi connectivity index (χ4n) is 7.49.